The molecule has 0 aliphatic heterocycles. The largest absolute Gasteiger partial charge is 0.330 e. The Kier molecular flexibility index (Phi) is 5.08. The Balaban J connectivity index is 1.94. The third-order valence-corrected chi connectivity index (χ3v) is 4.22. The van der Waals surface area contributed by atoms with Gasteiger partial charge in [0.25, 0.3) is 5.56 Å². The smallest absolute Gasteiger partial charge is 0.258 e. The first kappa shape index (κ1) is 18.8. The molecule has 0 fully saturated rings. The summed E-state index contributed by atoms with van der Waals surface area (Å²) in [5.74, 6) is 0.00835. The molecule has 0 aliphatic rings. The average molecular weight is 367 g/mol. The summed E-state index contributed by atoms with van der Waals surface area (Å²) in [4.78, 5) is 34.1. The van der Waals surface area contributed by atoms with Gasteiger partial charge in [0.05, 0.1) is 17.4 Å². The summed E-state index contributed by atoms with van der Waals surface area (Å²) in [6.07, 6.45) is 0. The van der Waals surface area contributed by atoms with Gasteiger partial charge >= 0.3 is 0 Å². The van der Waals surface area contributed by atoms with Gasteiger partial charge in [0.15, 0.2) is 0 Å². The van der Waals surface area contributed by atoms with Crippen molar-refractivity contribution in [1.29, 1.82) is 0 Å². The number of aromatic amines is 1. The number of para-hydroxylation sites is 1. The molecule has 0 aliphatic carbocycles. The topological polar surface area (TPSA) is 66.1 Å². The molecule has 3 aromatic rings. The monoisotopic (exact) mass is 367 g/mol. The number of carbonyl (C=O) groups is 1. The molecule has 6 heteroatoms. The number of aromatic nitrogens is 2. The first-order valence-corrected chi connectivity index (χ1v) is 8.76. The number of H-pyrrole nitrogens is 1. The molecule has 0 unspecified atom stereocenters. The molecule has 2 aromatic carbocycles. The molecule has 1 aromatic heterocycles. The van der Waals surface area contributed by atoms with Gasteiger partial charge in [-0.1, -0.05) is 45.0 Å². The van der Waals surface area contributed by atoms with Crippen LogP contribution in [0.5, 0.6) is 0 Å². The summed E-state index contributed by atoms with van der Waals surface area (Å²) in [5.41, 5.74) is 0.552. The number of carbonyl (C=O) groups excluding carboxylic acids is 1. The molecule has 140 valence electrons. The molecule has 5 nitrogen and oxygen atoms in total. The number of hydrogen-bond acceptors (Lipinski definition) is 3. The van der Waals surface area contributed by atoms with Crippen molar-refractivity contribution >= 4 is 16.8 Å². The first-order chi connectivity index (χ1) is 12.7. The fraction of sp³-hybridized carbons (Fsp3) is 0.286. The fourth-order valence-electron chi connectivity index (χ4n) is 2.87. The highest BCUT2D eigenvalue weighted by atomic mass is 19.1. The number of rotatable bonds is 4. The maximum absolute atomic E-state index is 13.2. The van der Waals surface area contributed by atoms with E-state index in [1.165, 1.54) is 12.1 Å². The summed E-state index contributed by atoms with van der Waals surface area (Å²) in [7, 11) is 0. The second kappa shape index (κ2) is 7.31. The minimum absolute atomic E-state index is 0.0809. The van der Waals surface area contributed by atoms with Crippen LogP contribution in [-0.2, 0) is 17.9 Å². The maximum Gasteiger partial charge on any atom is 0.258 e. The average Bonchev–Trinajstić information content (AvgIpc) is 2.61. The fourth-order valence-corrected chi connectivity index (χ4v) is 2.87. The van der Waals surface area contributed by atoms with Crippen LogP contribution in [0, 0.1) is 11.2 Å². The molecule has 0 saturated heterocycles. The van der Waals surface area contributed by atoms with Gasteiger partial charge in [-0.3, -0.25) is 9.59 Å². The SMILES string of the molecule is CC(C)(C)C(=O)N(Cc1ccc(F)cc1)Cc1nc2ccccc2c(=O)[nH]1. The number of fused-ring (bicyclic) bond motifs is 1. The van der Waals surface area contributed by atoms with Gasteiger partial charge in [0, 0.05) is 12.0 Å². The summed E-state index contributed by atoms with van der Waals surface area (Å²) in [5, 5.41) is 0.508. The van der Waals surface area contributed by atoms with Crippen LogP contribution in [0.2, 0.25) is 0 Å². The molecule has 0 radical (unpaired) electrons. The molecule has 3 rings (SSSR count). The lowest BCUT2D eigenvalue weighted by Gasteiger charge is -2.29. The van der Waals surface area contributed by atoms with Gasteiger partial charge in [0.1, 0.15) is 11.6 Å². The minimum atomic E-state index is -0.600. The quantitative estimate of drug-likeness (QED) is 0.766. The number of benzene rings is 2. The van der Waals surface area contributed by atoms with Gasteiger partial charge in [-0.15, -0.1) is 0 Å². The molecule has 0 spiro atoms. The normalized spacial score (nSPS) is 11.6. The Morgan fingerprint density at radius 3 is 2.41 bits per heavy atom. The lowest BCUT2D eigenvalue weighted by Crippen LogP contribution is -2.39. The molecule has 1 N–H and O–H groups in total. The summed E-state index contributed by atoms with van der Waals surface area (Å²) in [6, 6.07) is 13.1. The predicted molar refractivity (Wildman–Crippen MR) is 102 cm³/mol. The lowest BCUT2D eigenvalue weighted by molar-refractivity contribution is -0.140. The van der Waals surface area contributed by atoms with Gasteiger partial charge in [-0.05, 0) is 29.8 Å². The second-order valence-corrected chi connectivity index (χ2v) is 7.57. The van der Waals surface area contributed by atoms with Crippen molar-refractivity contribution in [3.05, 3.63) is 76.1 Å². The van der Waals surface area contributed by atoms with Crippen LogP contribution in [0.1, 0.15) is 32.2 Å². The van der Waals surface area contributed by atoms with Gasteiger partial charge < -0.3 is 9.88 Å². The maximum atomic E-state index is 13.2. The summed E-state index contributed by atoms with van der Waals surface area (Å²) >= 11 is 0. The van der Waals surface area contributed by atoms with Crippen molar-refractivity contribution in [2.24, 2.45) is 5.41 Å². The van der Waals surface area contributed by atoms with E-state index in [1.54, 1.807) is 35.2 Å². The van der Waals surface area contributed by atoms with Crippen molar-refractivity contribution in [2.45, 2.75) is 33.9 Å². The van der Waals surface area contributed by atoms with E-state index in [0.29, 0.717) is 23.3 Å². The zero-order chi connectivity index (χ0) is 19.6. The van der Waals surface area contributed by atoms with Crippen LogP contribution >= 0.6 is 0 Å². The number of nitrogens with one attached hydrogen (secondary N) is 1. The summed E-state index contributed by atoms with van der Waals surface area (Å²) < 4.78 is 13.2. The lowest BCUT2D eigenvalue weighted by atomic mass is 9.94. The van der Waals surface area contributed by atoms with Gasteiger partial charge in [0.2, 0.25) is 5.91 Å². The number of nitrogens with zero attached hydrogens (tertiary/aromatic N) is 2. The number of hydrogen-bond donors (Lipinski definition) is 1. The standard InChI is InChI=1S/C21H22FN3O2/c1-21(2,3)20(27)25(12-14-8-10-15(22)11-9-14)13-18-23-17-7-5-4-6-16(17)19(26)24-18/h4-11H,12-13H2,1-3H3,(H,23,24,26). The third kappa shape index (κ3) is 4.39. The van der Waals surface area contributed by atoms with E-state index in [2.05, 4.69) is 9.97 Å². The molecule has 27 heavy (non-hydrogen) atoms. The van der Waals surface area contributed by atoms with Crippen LogP contribution < -0.4 is 5.56 Å². The molecule has 0 bridgehead atoms. The van der Waals surface area contributed by atoms with E-state index < -0.39 is 5.41 Å². The Morgan fingerprint density at radius 1 is 1.07 bits per heavy atom. The predicted octanol–water partition coefficient (Wildman–Crippen LogP) is 3.64. The van der Waals surface area contributed by atoms with Crippen LogP contribution in [0.25, 0.3) is 10.9 Å². The second-order valence-electron chi connectivity index (χ2n) is 7.57. The van der Waals surface area contributed by atoms with Crippen molar-refractivity contribution in [3.63, 3.8) is 0 Å². The Bertz CT molecular complexity index is 1020. The molecular formula is C21H22FN3O2. The van der Waals surface area contributed by atoms with E-state index >= 15 is 0 Å². The number of amides is 1. The first-order valence-electron chi connectivity index (χ1n) is 8.76. The van der Waals surface area contributed by atoms with E-state index in [9.17, 15) is 14.0 Å². The van der Waals surface area contributed by atoms with Crippen LogP contribution in [0.15, 0.2) is 53.3 Å². The molecule has 0 saturated carbocycles. The highest BCUT2D eigenvalue weighted by Crippen LogP contribution is 2.21. The van der Waals surface area contributed by atoms with Gasteiger partial charge in [-0.2, -0.15) is 0 Å². The van der Waals surface area contributed by atoms with E-state index in [-0.39, 0.29) is 23.8 Å². The zero-order valence-electron chi connectivity index (χ0n) is 15.6. The minimum Gasteiger partial charge on any atom is -0.330 e. The van der Waals surface area contributed by atoms with Crippen molar-refractivity contribution in [2.75, 3.05) is 0 Å². The van der Waals surface area contributed by atoms with E-state index in [1.807, 2.05) is 26.8 Å². The van der Waals surface area contributed by atoms with Crippen molar-refractivity contribution < 1.29 is 9.18 Å². The highest BCUT2D eigenvalue weighted by molar-refractivity contribution is 5.81. The Hall–Kier alpha value is -3.02. The third-order valence-electron chi connectivity index (χ3n) is 4.22. The molecular weight excluding hydrogens is 345 g/mol. The number of halogens is 1. The van der Waals surface area contributed by atoms with E-state index in [0.717, 1.165) is 5.56 Å². The van der Waals surface area contributed by atoms with Crippen molar-refractivity contribution in [1.82, 2.24) is 14.9 Å². The Labute approximate surface area is 156 Å². The molecule has 1 amide bonds. The zero-order valence-corrected chi connectivity index (χ0v) is 15.6. The Morgan fingerprint density at radius 2 is 1.74 bits per heavy atom. The van der Waals surface area contributed by atoms with E-state index in [4.69, 9.17) is 0 Å². The van der Waals surface area contributed by atoms with Crippen LogP contribution in [0.3, 0.4) is 0 Å². The summed E-state index contributed by atoms with van der Waals surface area (Å²) in [6.45, 7) is 5.97. The highest BCUT2D eigenvalue weighted by Gasteiger charge is 2.28. The van der Waals surface area contributed by atoms with Crippen LogP contribution in [-0.4, -0.2) is 20.8 Å². The molecule has 0 atom stereocenters. The molecule has 1 heterocycles. The van der Waals surface area contributed by atoms with Gasteiger partial charge in [-0.25, -0.2) is 9.37 Å². The van der Waals surface area contributed by atoms with Crippen LogP contribution in [0.4, 0.5) is 4.39 Å². The van der Waals surface area contributed by atoms with Crippen molar-refractivity contribution in [3.8, 4) is 0 Å².